The van der Waals surface area contributed by atoms with E-state index in [0.717, 1.165) is 31.5 Å². The van der Waals surface area contributed by atoms with Crippen LogP contribution in [0.3, 0.4) is 0 Å². The van der Waals surface area contributed by atoms with Crippen LogP contribution in [0.4, 0.5) is 0 Å². The van der Waals surface area contributed by atoms with Crippen LogP contribution in [0.15, 0.2) is 40.9 Å². The van der Waals surface area contributed by atoms with Gasteiger partial charge in [0.15, 0.2) is 11.5 Å². The quantitative estimate of drug-likeness (QED) is 0.944. The van der Waals surface area contributed by atoms with Crippen LogP contribution in [0.1, 0.15) is 23.3 Å². The molecule has 0 saturated carbocycles. The summed E-state index contributed by atoms with van der Waals surface area (Å²) in [5.41, 5.74) is 1.31. The third-order valence-electron chi connectivity index (χ3n) is 3.90. The molecule has 1 aromatic carbocycles. The topological polar surface area (TPSA) is 58.4 Å². The van der Waals surface area contributed by atoms with Crippen molar-refractivity contribution in [3.63, 3.8) is 0 Å². The predicted molar refractivity (Wildman–Crippen MR) is 87.2 cm³/mol. The SMILES string of the molecule is CNC1CCCN(C(=O)c2cc(-c3ccccc3)on2)C1.Cl. The number of likely N-dealkylation sites (tertiary alicyclic amines) is 1. The largest absolute Gasteiger partial charge is 0.355 e. The fraction of sp³-hybridized carbons (Fsp3) is 0.375. The van der Waals surface area contributed by atoms with Crippen LogP contribution < -0.4 is 5.32 Å². The molecule has 0 aliphatic carbocycles. The van der Waals surface area contributed by atoms with Crippen molar-refractivity contribution in [2.75, 3.05) is 20.1 Å². The number of nitrogens with one attached hydrogen (secondary N) is 1. The molecule has 22 heavy (non-hydrogen) atoms. The number of rotatable bonds is 3. The summed E-state index contributed by atoms with van der Waals surface area (Å²) in [5, 5.41) is 7.17. The lowest BCUT2D eigenvalue weighted by molar-refractivity contribution is 0.0688. The van der Waals surface area contributed by atoms with E-state index >= 15 is 0 Å². The fourth-order valence-electron chi connectivity index (χ4n) is 2.67. The molecule has 1 saturated heterocycles. The second-order valence-corrected chi connectivity index (χ2v) is 5.32. The number of piperidine rings is 1. The molecular weight excluding hydrogens is 302 g/mol. The Bertz CT molecular complexity index is 615. The minimum absolute atomic E-state index is 0. The molecule has 1 fully saturated rings. The van der Waals surface area contributed by atoms with Gasteiger partial charge < -0.3 is 14.7 Å². The molecule has 118 valence electrons. The van der Waals surface area contributed by atoms with Gasteiger partial charge in [0.2, 0.25) is 0 Å². The van der Waals surface area contributed by atoms with E-state index in [1.807, 2.05) is 42.3 Å². The number of hydrogen-bond donors (Lipinski definition) is 1. The van der Waals surface area contributed by atoms with Crippen LogP contribution in [0.25, 0.3) is 11.3 Å². The first-order chi connectivity index (χ1) is 10.3. The summed E-state index contributed by atoms with van der Waals surface area (Å²) in [6, 6.07) is 11.8. The second-order valence-electron chi connectivity index (χ2n) is 5.32. The van der Waals surface area contributed by atoms with Gasteiger partial charge in [-0.2, -0.15) is 0 Å². The summed E-state index contributed by atoms with van der Waals surface area (Å²) in [6.45, 7) is 1.51. The van der Waals surface area contributed by atoms with Crippen molar-refractivity contribution in [3.05, 3.63) is 42.1 Å². The lowest BCUT2D eigenvalue weighted by atomic mass is 10.1. The summed E-state index contributed by atoms with van der Waals surface area (Å²) in [4.78, 5) is 14.3. The molecule has 2 heterocycles. The maximum Gasteiger partial charge on any atom is 0.276 e. The average molecular weight is 322 g/mol. The van der Waals surface area contributed by atoms with Gasteiger partial charge in [0.25, 0.3) is 5.91 Å². The average Bonchev–Trinajstić information content (AvgIpc) is 3.05. The molecule has 1 aliphatic heterocycles. The molecular formula is C16H20ClN3O2. The van der Waals surface area contributed by atoms with Gasteiger partial charge in [0, 0.05) is 30.8 Å². The van der Waals surface area contributed by atoms with E-state index in [9.17, 15) is 4.79 Å². The number of halogens is 1. The Kier molecular flexibility index (Phi) is 5.57. The number of aromatic nitrogens is 1. The third kappa shape index (κ3) is 3.48. The van der Waals surface area contributed by atoms with Gasteiger partial charge in [-0.3, -0.25) is 4.79 Å². The van der Waals surface area contributed by atoms with E-state index in [1.54, 1.807) is 6.07 Å². The highest BCUT2D eigenvalue weighted by Gasteiger charge is 2.25. The van der Waals surface area contributed by atoms with Crippen LogP contribution in [0.5, 0.6) is 0 Å². The third-order valence-corrected chi connectivity index (χ3v) is 3.90. The Morgan fingerprint density at radius 2 is 2.14 bits per heavy atom. The Morgan fingerprint density at radius 3 is 2.86 bits per heavy atom. The van der Waals surface area contributed by atoms with Crippen LogP contribution in [-0.4, -0.2) is 42.1 Å². The number of carbonyl (C=O) groups is 1. The lowest BCUT2D eigenvalue weighted by Crippen LogP contribution is -2.47. The van der Waals surface area contributed by atoms with E-state index < -0.39 is 0 Å². The number of likely N-dealkylation sites (N-methyl/N-ethyl adjacent to an activating group) is 1. The van der Waals surface area contributed by atoms with E-state index in [0.29, 0.717) is 17.5 Å². The zero-order valence-electron chi connectivity index (χ0n) is 12.5. The van der Waals surface area contributed by atoms with Gasteiger partial charge in [-0.1, -0.05) is 35.5 Å². The van der Waals surface area contributed by atoms with E-state index in [1.165, 1.54) is 0 Å². The van der Waals surface area contributed by atoms with Crippen molar-refractivity contribution in [1.29, 1.82) is 0 Å². The van der Waals surface area contributed by atoms with Crippen LogP contribution in [0, 0.1) is 0 Å². The normalized spacial score (nSPS) is 17.9. The van der Waals surface area contributed by atoms with Gasteiger partial charge >= 0.3 is 0 Å². The summed E-state index contributed by atoms with van der Waals surface area (Å²) in [5.74, 6) is 0.571. The van der Waals surface area contributed by atoms with Crippen molar-refractivity contribution < 1.29 is 9.32 Å². The van der Waals surface area contributed by atoms with Crippen LogP contribution in [0.2, 0.25) is 0 Å². The van der Waals surface area contributed by atoms with Gasteiger partial charge in [-0.05, 0) is 19.9 Å². The number of amides is 1. The van der Waals surface area contributed by atoms with Crippen LogP contribution >= 0.6 is 12.4 Å². The highest BCUT2D eigenvalue weighted by atomic mass is 35.5. The van der Waals surface area contributed by atoms with Crippen molar-refractivity contribution in [1.82, 2.24) is 15.4 Å². The molecule has 1 aromatic heterocycles. The summed E-state index contributed by atoms with van der Waals surface area (Å²) < 4.78 is 5.30. The molecule has 0 spiro atoms. The Balaban J connectivity index is 0.00000176. The zero-order valence-corrected chi connectivity index (χ0v) is 13.3. The zero-order chi connectivity index (χ0) is 14.7. The van der Waals surface area contributed by atoms with Crippen molar-refractivity contribution in [3.8, 4) is 11.3 Å². The number of nitrogens with zero attached hydrogens (tertiary/aromatic N) is 2. The molecule has 1 amide bonds. The number of hydrogen-bond acceptors (Lipinski definition) is 4. The summed E-state index contributed by atoms with van der Waals surface area (Å²) >= 11 is 0. The Hall–Kier alpha value is -1.85. The Labute approximate surface area is 136 Å². The molecule has 2 aromatic rings. The molecule has 0 bridgehead atoms. The first-order valence-corrected chi connectivity index (χ1v) is 7.26. The van der Waals surface area contributed by atoms with Crippen molar-refractivity contribution in [2.45, 2.75) is 18.9 Å². The molecule has 5 nitrogen and oxygen atoms in total. The molecule has 1 N–H and O–H groups in total. The molecule has 3 rings (SSSR count). The van der Waals surface area contributed by atoms with Crippen molar-refractivity contribution in [2.24, 2.45) is 0 Å². The van der Waals surface area contributed by atoms with Gasteiger partial charge in [-0.15, -0.1) is 12.4 Å². The van der Waals surface area contributed by atoms with Gasteiger partial charge in [0.05, 0.1) is 0 Å². The van der Waals surface area contributed by atoms with E-state index in [2.05, 4.69) is 10.5 Å². The second kappa shape index (κ2) is 7.42. The first kappa shape index (κ1) is 16.5. The minimum Gasteiger partial charge on any atom is -0.355 e. The summed E-state index contributed by atoms with van der Waals surface area (Å²) in [7, 11) is 1.93. The van der Waals surface area contributed by atoms with Gasteiger partial charge in [-0.25, -0.2) is 0 Å². The highest BCUT2D eigenvalue weighted by Crippen LogP contribution is 2.21. The molecule has 0 radical (unpaired) electrons. The van der Waals surface area contributed by atoms with Crippen LogP contribution in [-0.2, 0) is 0 Å². The fourth-order valence-corrected chi connectivity index (χ4v) is 2.67. The van der Waals surface area contributed by atoms with Crippen molar-refractivity contribution >= 4 is 18.3 Å². The smallest absolute Gasteiger partial charge is 0.276 e. The van der Waals surface area contributed by atoms with E-state index in [4.69, 9.17) is 4.52 Å². The predicted octanol–water partition coefficient (Wildman–Crippen LogP) is 2.59. The molecule has 1 aliphatic rings. The number of benzene rings is 1. The first-order valence-electron chi connectivity index (χ1n) is 7.26. The minimum atomic E-state index is -0.0547. The van der Waals surface area contributed by atoms with Gasteiger partial charge in [0.1, 0.15) is 0 Å². The molecule has 1 unspecified atom stereocenters. The van der Waals surface area contributed by atoms with E-state index in [-0.39, 0.29) is 18.3 Å². The monoisotopic (exact) mass is 321 g/mol. The summed E-state index contributed by atoms with van der Waals surface area (Å²) in [6.07, 6.45) is 2.12. The Morgan fingerprint density at radius 1 is 1.36 bits per heavy atom. The standard InChI is InChI=1S/C16H19N3O2.ClH/c1-17-13-8-5-9-19(11-13)16(20)14-10-15(21-18-14)12-6-3-2-4-7-12;/h2-4,6-7,10,13,17H,5,8-9,11H2,1H3;1H. The maximum absolute atomic E-state index is 12.5. The molecule has 1 atom stereocenters. The lowest BCUT2D eigenvalue weighted by Gasteiger charge is -2.31. The molecule has 6 heteroatoms. The number of carbonyl (C=O) groups excluding carboxylic acids is 1. The maximum atomic E-state index is 12.5. The highest BCUT2D eigenvalue weighted by molar-refractivity contribution is 5.93.